The van der Waals surface area contributed by atoms with Crippen LogP contribution in [0, 0.1) is 5.92 Å². The summed E-state index contributed by atoms with van der Waals surface area (Å²) in [4.78, 5) is 27.7. The van der Waals surface area contributed by atoms with Gasteiger partial charge in [0.25, 0.3) is 0 Å². The van der Waals surface area contributed by atoms with E-state index in [-0.39, 0.29) is 18.0 Å². The Labute approximate surface area is 142 Å². The molecule has 1 atom stereocenters. The van der Waals surface area contributed by atoms with Gasteiger partial charge >= 0.3 is 18.1 Å². The number of alkyl halides is 3. The molecule has 0 aliphatic heterocycles. The zero-order chi connectivity index (χ0) is 18.8. The molecule has 8 heteroatoms. The Balaban J connectivity index is 2.59. The van der Waals surface area contributed by atoms with E-state index in [1.165, 1.54) is 30.6 Å². The number of nitrogens with zero attached hydrogens (tertiary/aromatic N) is 2. The van der Waals surface area contributed by atoms with Crippen LogP contribution in [0.2, 0.25) is 0 Å². The van der Waals surface area contributed by atoms with Gasteiger partial charge in [0.1, 0.15) is 6.04 Å². The molecular formula is C17H17F3N2O3. The molecule has 1 amide bonds. The summed E-state index contributed by atoms with van der Waals surface area (Å²) in [6.07, 6.45) is -2.33. The number of hydrogen-bond acceptors (Lipinski definition) is 3. The first-order valence-corrected chi connectivity index (χ1v) is 7.58. The Hall–Kier alpha value is -2.64. The Morgan fingerprint density at radius 1 is 1.20 bits per heavy atom. The Bertz CT molecular complexity index is 790. The summed E-state index contributed by atoms with van der Waals surface area (Å²) >= 11 is 0. The summed E-state index contributed by atoms with van der Waals surface area (Å²) in [5.74, 6) is -3.91. The number of carboxylic acid groups (broad SMARTS) is 1. The van der Waals surface area contributed by atoms with E-state index in [9.17, 15) is 27.9 Å². The number of hydrogen-bond donors (Lipinski definition) is 1. The van der Waals surface area contributed by atoms with Crippen LogP contribution in [0.4, 0.5) is 18.9 Å². The lowest BCUT2D eigenvalue weighted by Gasteiger charge is -2.31. The molecule has 1 N–H and O–H groups in total. The molecule has 134 valence electrons. The van der Waals surface area contributed by atoms with Gasteiger partial charge in [-0.15, -0.1) is 0 Å². The molecule has 25 heavy (non-hydrogen) atoms. The molecule has 2 aromatic rings. The highest BCUT2D eigenvalue weighted by atomic mass is 19.4. The minimum atomic E-state index is -5.19. The van der Waals surface area contributed by atoms with E-state index in [0.29, 0.717) is 15.7 Å². The lowest BCUT2D eigenvalue weighted by molar-refractivity contribution is -0.172. The molecule has 0 aliphatic carbocycles. The van der Waals surface area contributed by atoms with E-state index >= 15 is 0 Å². The van der Waals surface area contributed by atoms with Crippen LogP contribution < -0.4 is 4.90 Å². The summed E-state index contributed by atoms with van der Waals surface area (Å²) in [6.45, 7) is 3.35. The van der Waals surface area contributed by atoms with Crippen molar-refractivity contribution in [2.45, 2.75) is 32.5 Å². The van der Waals surface area contributed by atoms with Crippen molar-refractivity contribution in [1.29, 1.82) is 0 Å². The second kappa shape index (κ2) is 7.08. The quantitative estimate of drug-likeness (QED) is 0.890. The van der Waals surface area contributed by atoms with Crippen molar-refractivity contribution in [2.75, 3.05) is 4.90 Å². The first kappa shape index (κ1) is 18.7. The fraction of sp³-hybridized carbons (Fsp3) is 0.353. The number of aromatic nitrogens is 1. The van der Waals surface area contributed by atoms with Crippen LogP contribution in [0.1, 0.15) is 20.3 Å². The van der Waals surface area contributed by atoms with Crippen molar-refractivity contribution >= 4 is 28.3 Å². The molecule has 1 aromatic heterocycles. The van der Waals surface area contributed by atoms with Crippen molar-refractivity contribution < 1.29 is 27.9 Å². The number of aliphatic carboxylic acids is 1. The second-order valence-corrected chi connectivity index (χ2v) is 6.06. The van der Waals surface area contributed by atoms with Gasteiger partial charge in [-0.05, 0) is 35.9 Å². The Kier molecular flexibility index (Phi) is 5.30. The van der Waals surface area contributed by atoms with Crippen LogP contribution in [-0.4, -0.2) is 34.2 Å². The molecule has 5 nitrogen and oxygen atoms in total. The van der Waals surface area contributed by atoms with Crippen LogP contribution in [0.15, 0.2) is 36.7 Å². The third-order valence-corrected chi connectivity index (χ3v) is 3.66. The minimum absolute atomic E-state index is 0.109. The monoisotopic (exact) mass is 354 g/mol. The van der Waals surface area contributed by atoms with Gasteiger partial charge in [-0.1, -0.05) is 19.9 Å². The number of amides is 1. The third kappa shape index (κ3) is 4.26. The summed E-state index contributed by atoms with van der Waals surface area (Å²) in [5, 5.41) is 10.6. The first-order valence-electron chi connectivity index (χ1n) is 7.58. The number of halogens is 3. The molecule has 0 saturated carbocycles. The molecule has 0 spiro atoms. The molecule has 1 unspecified atom stereocenters. The van der Waals surface area contributed by atoms with Crippen molar-refractivity contribution in [1.82, 2.24) is 4.98 Å². The number of carbonyl (C=O) groups is 2. The second-order valence-electron chi connectivity index (χ2n) is 6.06. The number of anilines is 1. The van der Waals surface area contributed by atoms with E-state index in [4.69, 9.17) is 0 Å². The Morgan fingerprint density at radius 3 is 2.44 bits per heavy atom. The minimum Gasteiger partial charge on any atom is -0.480 e. The van der Waals surface area contributed by atoms with Gasteiger partial charge in [0.05, 0.1) is 0 Å². The third-order valence-electron chi connectivity index (χ3n) is 3.66. The number of rotatable bonds is 5. The van der Waals surface area contributed by atoms with E-state index in [1.54, 1.807) is 19.9 Å². The van der Waals surface area contributed by atoms with Crippen molar-refractivity contribution in [3.63, 3.8) is 0 Å². The molecule has 1 aromatic carbocycles. The molecule has 0 aliphatic rings. The van der Waals surface area contributed by atoms with Crippen molar-refractivity contribution in [2.24, 2.45) is 5.92 Å². The maximum atomic E-state index is 13.1. The molecule has 1 heterocycles. The van der Waals surface area contributed by atoms with Gasteiger partial charge in [-0.3, -0.25) is 14.7 Å². The number of fused-ring (bicyclic) bond motifs is 1. The zero-order valence-electron chi connectivity index (χ0n) is 13.6. The Morgan fingerprint density at radius 2 is 1.88 bits per heavy atom. The number of pyridine rings is 1. The zero-order valence-corrected chi connectivity index (χ0v) is 13.6. The van der Waals surface area contributed by atoms with Gasteiger partial charge in [-0.25, -0.2) is 4.79 Å². The van der Waals surface area contributed by atoms with Crippen LogP contribution in [-0.2, 0) is 9.59 Å². The van der Waals surface area contributed by atoms with Crippen molar-refractivity contribution in [3.05, 3.63) is 36.7 Å². The molecule has 0 bridgehead atoms. The number of carboxylic acids is 1. The van der Waals surface area contributed by atoms with E-state index in [2.05, 4.69) is 4.98 Å². The summed E-state index contributed by atoms with van der Waals surface area (Å²) in [6, 6.07) is 4.21. The fourth-order valence-corrected chi connectivity index (χ4v) is 2.56. The number of carbonyl (C=O) groups excluding carboxylic acids is 1. The SMILES string of the molecule is CC(C)CC(C(=O)O)N(C(=O)C(F)(F)F)c1ccc2ccncc2c1. The summed E-state index contributed by atoms with van der Waals surface area (Å²) in [7, 11) is 0. The average Bonchev–Trinajstić information content (AvgIpc) is 2.52. The van der Waals surface area contributed by atoms with Crippen molar-refractivity contribution in [3.8, 4) is 0 Å². The van der Waals surface area contributed by atoms with E-state index < -0.39 is 24.1 Å². The summed E-state index contributed by atoms with van der Waals surface area (Å²) in [5.41, 5.74) is -0.129. The maximum absolute atomic E-state index is 13.1. The van der Waals surface area contributed by atoms with E-state index in [0.717, 1.165) is 0 Å². The highest BCUT2D eigenvalue weighted by molar-refractivity contribution is 6.03. The first-order chi connectivity index (χ1) is 11.6. The summed E-state index contributed by atoms with van der Waals surface area (Å²) < 4.78 is 39.2. The predicted octanol–water partition coefficient (Wildman–Crippen LogP) is 3.63. The average molecular weight is 354 g/mol. The topological polar surface area (TPSA) is 70.5 Å². The van der Waals surface area contributed by atoms with Gasteiger partial charge in [0, 0.05) is 23.5 Å². The largest absolute Gasteiger partial charge is 0.480 e. The van der Waals surface area contributed by atoms with Crippen LogP contribution in [0.3, 0.4) is 0 Å². The van der Waals surface area contributed by atoms with Crippen LogP contribution in [0.5, 0.6) is 0 Å². The maximum Gasteiger partial charge on any atom is 0.471 e. The molecule has 2 rings (SSSR count). The van der Waals surface area contributed by atoms with Gasteiger partial charge in [0.15, 0.2) is 0 Å². The molecule has 0 fully saturated rings. The lowest BCUT2D eigenvalue weighted by Crippen LogP contribution is -2.51. The van der Waals surface area contributed by atoms with Gasteiger partial charge < -0.3 is 5.11 Å². The smallest absolute Gasteiger partial charge is 0.471 e. The molecule has 0 radical (unpaired) electrons. The highest BCUT2D eigenvalue weighted by Gasteiger charge is 2.47. The molecule has 0 saturated heterocycles. The normalized spacial score (nSPS) is 13.0. The van der Waals surface area contributed by atoms with Crippen LogP contribution >= 0.6 is 0 Å². The number of benzene rings is 1. The van der Waals surface area contributed by atoms with Crippen LogP contribution in [0.25, 0.3) is 10.8 Å². The predicted molar refractivity (Wildman–Crippen MR) is 86.2 cm³/mol. The molecular weight excluding hydrogens is 337 g/mol. The standard InChI is InChI=1S/C17H17F3N2O3/c1-10(2)7-14(15(23)24)22(16(25)17(18,19)20)13-4-3-11-5-6-21-9-12(11)8-13/h3-6,8-10,14H,7H2,1-2H3,(H,23,24). The van der Waals surface area contributed by atoms with Gasteiger partial charge in [0.2, 0.25) is 0 Å². The van der Waals surface area contributed by atoms with E-state index in [1.807, 2.05) is 0 Å². The van der Waals surface area contributed by atoms with Gasteiger partial charge in [-0.2, -0.15) is 13.2 Å². The highest BCUT2D eigenvalue weighted by Crippen LogP contribution is 2.30. The lowest BCUT2D eigenvalue weighted by atomic mass is 10.0. The fourth-order valence-electron chi connectivity index (χ4n) is 2.56.